The lowest BCUT2D eigenvalue weighted by Crippen LogP contribution is -2.38. The van der Waals surface area contributed by atoms with Crippen LogP contribution in [0.15, 0.2) is 0 Å². The molecule has 0 aromatic carbocycles. The number of amides is 1. The number of nitrogens with one attached hydrogen (secondary N) is 1. The SMILES string of the molecule is O=C1NC(CN2CCCC2)CO1. The van der Waals surface area contributed by atoms with E-state index in [9.17, 15) is 4.79 Å². The number of carbonyl (C=O) groups excluding carboxylic acids is 1. The van der Waals surface area contributed by atoms with Crippen molar-refractivity contribution in [2.75, 3.05) is 26.2 Å². The van der Waals surface area contributed by atoms with Crippen molar-refractivity contribution in [3.63, 3.8) is 0 Å². The molecule has 0 spiro atoms. The average molecular weight is 170 g/mol. The summed E-state index contributed by atoms with van der Waals surface area (Å²) in [6.07, 6.45) is 2.32. The smallest absolute Gasteiger partial charge is 0.407 e. The second-order valence-corrected chi connectivity index (χ2v) is 3.45. The monoisotopic (exact) mass is 170 g/mol. The van der Waals surface area contributed by atoms with Gasteiger partial charge in [0.2, 0.25) is 0 Å². The largest absolute Gasteiger partial charge is 0.447 e. The Morgan fingerprint density at radius 1 is 1.50 bits per heavy atom. The zero-order chi connectivity index (χ0) is 8.39. The Hall–Kier alpha value is -0.770. The molecule has 0 bridgehead atoms. The molecule has 2 aliphatic rings. The maximum Gasteiger partial charge on any atom is 0.407 e. The molecule has 1 N–H and O–H groups in total. The van der Waals surface area contributed by atoms with Crippen LogP contribution in [0.3, 0.4) is 0 Å². The van der Waals surface area contributed by atoms with Crippen molar-refractivity contribution in [2.45, 2.75) is 18.9 Å². The molecule has 1 unspecified atom stereocenters. The van der Waals surface area contributed by atoms with E-state index in [2.05, 4.69) is 10.2 Å². The van der Waals surface area contributed by atoms with Crippen molar-refractivity contribution in [1.29, 1.82) is 0 Å². The quantitative estimate of drug-likeness (QED) is 0.643. The van der Waals surface area contributed by atoms with Crippen LogP contribution in [0.25, 0.3) is 0 Å². The van der Waals surface area contributed by atoms with E-state index in [1.807, 2.05) is 0 Å². The van der Waals surface area contributed by atoms with Gasteiger partial charge in [0.1, 0.15) is 6.61 Å². The Labute approximate surface area is 71.9 Å². The summed E-state index contributed by atoms with van der Waals surface area (Å²) in [6.45, 7) is 3.83. The molecular weight excluding hydrogens is 156 g/mol. The molecule has 2 fully saturated rings. The first-order valence-electron chi connectivity index (χ1n) is 4.50. The van der Waals surface area contributed by atoms with Gasteiger partial charge in [0.15, 0.2) is 0 Å². The molecule has 0 aliphatic carbocycles. The van der Waals surface area contributed by atoms with Crippen molar-refractivity contribution in [1.82, 2.24) is 10.2 Å². The van der Waals surface area contributed by atoms with Crippen molar-refractivity contribution in [3.05, 3.63) is 0 Å². The van der Waals surface area contributed by atoms with E-state index in [1.54, 1.807) is 0 Å². The fourth-order valence-electron chi connectivity index (χ4n) is 1.80. The topological polar surface area (TPSA) is 41.6 Å². The zero-order valence-electron chi connectivity index (χ0n) is 7.08. The molecule has 1 amide bonds. The lowest BCUT2D eigenvalue weighted by molar-refractivity contribution is 0.175. The van der Waals surface area contributed by atoms with Gasteiger partial charge in [0.25, 0.3) is 0 Å². The molecule has 2 heterocycles. The number of ether oxygens (including phenoxy) is 1. The van der Waals surface area contributed by atoms with Gasteiger partial charge < -0.3 is 15.0 Å². The van der Waals surface area contributed by atoms with E-state index in [-0.39, 0.29) is 12.1 Å². The van der Waals surface area contributed by atoms with Crippen LogP contribution in [0.4, 0.5) is 4.79 Å². The van der Waals surface area contributed by atoms with Crippen molar-refractivity contribution >= 4 is 6.09 Å². The summed E-state index contributed by atoms with van der Waals surface area (Å²) >= 11 is 0. The molecule has 2 saturated heterocycles. The van der Waals surface area contributed by atoms with Gasteiger partial charge in [-0.2, -0.15) is 0 Å². The van der Waals surface area contributed by atoms with E-state index in [4.69, 9.17) is 4.74 Å². The minimum absolute atomic E-state index is 0.218. The van der Waals surface area contributed by atoms with Gasteiger partial charge in [-0.15, -0.1) is 0 Å². The number of rotatable bonds is 2. The van der Waals surface area contributed by atoms with E-state index >= 15 is 0 Å². The fourth-order valence-corrected chi connectivity index (χ4v) is 1.80. The normalized spacial score (nSPS) is 30.3. The van der Waals surface area contributed by atoms with E-state index < -0.39 is 0 Å². The van der Waals surface area contributed by atoms with Crippen molar-refractivity contribution in [3.8, 4) is 0 Å². The summed E-state index contributed by atoms with van der Waals surface area (Å²) in [5.41, 5.74) is 0. The van der Waals surface area contributed by atoms with Crippen LogP contribution in [0, 0.1) is 0 Å². The lowest BCUT2D eigenvalue weighted by Gasteiger charge is -2.17. The number of cyclic esters (lactones) is 1. The number of hydrogen-bond acceptors (Lipinski definition) is 3. The van der Waals surface area contributed by atoms with Gasteiger partial charge >= 0.3 is 6.09 Å². The fraction of sp³-hybridized carbons (Fsp3) is 0.875. The minimum atomic E-state index is -0.265. The molecular formula is C8H14N2O2. The Balaban J connectivity index is 1.75. The Bertz CT molecular complexity index is 178. The van der Waals surface area contributed by atoms with Crippen LogP contribution in [0.2, 0.25) is 0 Å². The molecule has 2 aliphatic heterocycles. The van der Waals surface area contributed by atoms with Gasteiger partial charge in [0, 0.05) is 6.54 Å². The first-order chi connectivity index (χ1) is 5.84. The van der Waals surface area contributed by atoms with Crippen LogP contribution in [-0.2, 0) is 4.74 Å². The summed E-state index contributed by atoms with van der Waals surface area (Å²) in [5.74, 6) is 0. The summed E-state index contributed by atoms with van der Waals surface area (Å²) in [5, 5.41) is 2.78. The predicted molar refractivity (Wildman–Crippen MR) is 43.9 cm³/mol. The number of carbonyl (C=O) groups is 1. The third-order valence-corrected chi connectivity index (χ3v) is 2.41. The summed E-state index contributed by atoms with van der Waals surface area (Å²) in [6, 6.07) is 0.218. The van der Waals surface area contributed by atoms with Crippen LogP contribution in [0.1, 0.15) is 12.8 Å². The van der Waals surface area contributed by atoms with Crippen molar-refractivity contribution < 1.29 is 9.53 Å². The van der Waals surface area contributed by atoms with Crippen molar-refractivity contribution in [2.24, 2.45) is 0 Å². The number of nitrogens with zero attached hydrogens (tertiary/aromatic N) is 1. The first kappa shape index (κ1) is 7.86. The molecule has 0 aromatic heterocycles. The lowest BCUT2D eigenvalue weighted by atomic mass is 10.3. The highest BCUT2D eigenvalue weighted by molar-refractivity contribution is 5.69. The summed E-state index contributed by atoms with van der Waals surface area (Å²) in [7, 11) is 0. The minimum Gasteiger partial charge on any atom is -0.447 e. The van der Waals surface area contributed by atoms with Crippen LogP contribution < -0.4 is 5.32 Å². The van der Waals surface area contributed by atoms with Gasteiger partial charge in [-0.3, -0.25) is 0 Å². The second kappa shape index (κ2) is 3.31. The molecule has 4 nitrogen and oxygen atoms in total. The highest BCUT2D eigenvalue weighted by atomic mass is 16.6. The number of alkyl carbamates (subject to hydrolysis) is 1. The Morgan fingerprint density at radius 3 is 2.83 bits per heavy atom. The van der Waals surface area contributed by atoms with Crippen LogP contribution in [-0.4, -0.2) is 43.3 Å². The molecule has 68 valence electrons. The van der Waals surface area contributed by atoms with Gasteiger partial charge in [0.05, 0.1) is 6.04 Å². The third-order valence-electron chi connectivity index (χ3n) is 2.41. The average Bonchev–Trinajstić information content (AvgIpc) is 2.63. The van der Waals surface area contributed by atoms with E-state index in [0.29, 0.717) is 6.61 Å². The molecule has 1 atom stereocenters. The molecule has 0 saturated carbocycles. The third kappa shape index (κ3) is 1.69. The number of likely N-dealkylation sites (tertiary alicyclic amines) is 1. The van der Waals surface area contributed by atoms with Crippen LogP contribution in [0.5, 0.6) is 0 Å². The molecule has 0 aromatic rings. The van der Waals surface area contributed by atoms with E-state index in [0.717, 1.165) is 6.54 Å². The predicted octanol–water partition coefficient (Wildman–Crippen LogP) is 0.191. The van der Waals surface area contributed by atoms with Gasteiger partial charge in [-0.1, -0.05) is 0 Å². The van der Waals surface area contributed by atoms with Crippen LogP contribution >= 0.6 is 0 Å². The van der Waals surface area contributed by atoms with Gasteiger partial charge in [-0.25, -0.2) is 4.79 Å². The Morgan fingerprint density at radius 2 is 2.25 bits per heavy atom. The zero-order valence-corrected chi connectivity index (χ0v) is 7.08. The molecule has 0 radical (unpaired) electrons. The van der Waals surface area contributed by atoms with Gasteiger partial charge in [-0.05, 0) is 25.9 Å². The molecule has 12 heavy (non-hydrogen) atoms. The highest BCUT2D eigenvalue weighted by Crippen LogP contribution is 2.09. The first-order valence-corrected chi connectivity index (χ1v) is 4.50. The maximum atomic E-state index is 10.7. The standard InChI is InChI=1S/C8H14N2O2/c11-8-9-7(6-12-8)5-10-3-1-2-4-10/h7H,1-6H2,(H,9,11). The maximum absolute atomic E-state index is 10.7. The Kier molecular flexibility index (Phi) is 2.17. The van der Waals surface area contributed by atoms with E-state index in [1.165, 1.54) is 25.9 Å². The second-order valence-electron chi connectivity index (χ2n) is 3.45. The summed E-state index contributed by atoms with van der Waals surface area (Å²) < 4.78 is 4.80. The molecule has 4 heteroatoms. The molecule has 2 rings (SSSR count). The highest BCUT2D eigenvalue weighted by Gasteiger charge is 2.25. The summed E-state index contributed by atoms with van der Waals surface area (Å²) in [4.78, 5) is 13.1. The number of hydrogen-bond donors (Lipinski definition) is 1.